The summed E-state index contributed by atoms with van der Waals surface area (Å²) < 4.78 is 0. The fourth-order valence-electron chi connectivity index (χ4n) is 3.06. The largest absolute Gasteiger partial charge is 0.293 e. The van der Waals surface area contributed by atoms with Crippen LogP contribution in [-0.4, -0.2) is 26.4 Å². The minimum Gasteiger partial charge on any atom is -0.293 e. The van der Waals surface area contributed by atoms with Crippen molar-refractivity contribution in [2.24, 2.45) is 0 Å². The molecule has 0 aliphatic carbocycles. The van der Waals surface area contributed by atoms with E-state index in [1.54, 1.807) is 6.20 Å². The summed E-state index contributed by atoms with van der Waals surface area (Å²) in [6.45, 7) is 5.22. The van der Waals surface area contributed by atoms with Crippen molar-refractivity contribution >= 4 is 11.3 Å². The molecule has 4 nitrogen and oxygen atoms in total. The van der Waals surface area contributed by atoms with Gasteiger partial charge < -0.3 is 0 Å². The SMILES string of the molecule is CCc1ccc(CN2CCc3nc(-c4cccnc4)ncc3C2)s1. The highest BCUT2D eigenvalue weighted by molar-refractivity contribution is 7.11. The van der Waals surface area contributed by atoms with Crippen molar-refractivity contribution in [2.75, 3.05) is 6.54 Å². The summed E-state index contributed by atoms with van der Waals surface area (Å²) in [6, 6.07) is 8.44. The summed E-state index contributed by atoms with van der Waals surface area (Å²) in [5, 5.41) is 0. The second-order valence-corrected chi connectivity index (χ2v) is 7.34. The third kappa shape index (κ3) is 3.23. The molecule has 0 spiro atoms. The first-order chi connectivity index (χ1) is 11.8. The van der Waals surface area contributed by atoms with Crippen LogP contribution in [0.15, 0.2) is 42.9 Å². The van der Waals surface area contributed by atoms with Crippen LogP contribution in [0.2, 0.25) is 0 Å². The van der Waals surface area contributed by atoms with Crippen LogP contribution < -0.4 is 0 Å². The zero-order valence-electron chi connectivity index (χ0n) is 13.8. The lowest BCUT2D eigenvalue weighted by molar-refractivity contribution is 0.245. The molecule has 3 aromatic heterocycles. The average molecular weight is 336 g/mol. The van der Waals surface area contributed by atoms with Gasteiger partial charge in [0.1, 0.15) is 0 Å². The monoisotopic (exact) mass is 336 g/mol. The minimum atomic E-state index is 0.779. The molecule has 5 heteroatoms. The van der Waals surface area contributed by atoms with Crippen molar-refractivity contribution in [3.63, 3.8) is 0 Å². The van der Waals surface area contributed by atoms with E-state index >= 15 is 0 Å². The van der Waals surface area contributed by atoms with Crippen LogP contribution in [0.5, 0.6) is 0 Å². The number of fused-ring (bicyclic) bond motifs is 1. The van der Waals surface area contributed by atoms with Gasteiger partial charge in [0.05, 0.1) is 5.69 Å². The van der Waals surface area contributed by atoms with E-state index in [4.69, 9.17) is 4.98 Å². The number of aryl methyl sites for hydroxylation is 1. The fourth-order valence-corrected chi connectivity index (χ4v) is 4.06. The molecule has 0 atom stereocenters. The van der Waals surface area contributed by atoms with Gasteiger partial charge in [-0.1, -0.05) is 6.92 Å². The van der Waals surface area contributed by atoms with Crippen LogP contribution in [0, 0.1) is 0 Å². The van der Waals surface area contributed by atoms with Crippen molar-refractivity contribution in [3.05, 3.63) is 63.9 Å². The molecule has 1 aliphatic heterocycles. The molecule has 24 heavy (non-hydrogen) atoms. The zero-order valence-corrected chi connectivity index (χ0v) is 14.6. The van der Waals surface area contributed by atoms with Gasteiger partial charge in [-0.15, -0.1) is 11.3 Å². The average Bonchev–Trinajstić information content (AvgIpc) is 3.09. The van der Waals surface area contributed by atoms with Gasteiger partial charge in [0.2, 0.25) is 0 Å². The van der Waals surface area contributed by atoms with Gasteiger partial charge in [-0.25, -0.2) is 9.97 Å². The quantitative estimate of drug-likeness (QED) is 0.728. The van der Waals surface area contributed by atoms with Gasteiger partial charge in [0.15, 0.2) is 5.82 Å². The molecule has 0 bridgehead atoms. The van der Waals surface area contributed by atoms with Gasteiger partial charge in [0.25, 0.3) is 0 Å². The zero-order chi connectivity index (χ0) is 16.4. The van der Waals surface area contributed by atoms with E-state index < -0.39 is 0 Å². The first kappa shape index (κ1) is 15.4. The van der Waals surface area contributed by atoms with Crippen molar-refractivity contribution in [3.8, 4) is 11.4 Å². The highest BCUT2D eigenvalue weighted by Crippen LogP contribution is 2.24. The molecule has 0 fully saturated rings. The molecule has 3 aromatic rings. The van der Waals surface area contributed by atoms with Gasteiger partial charge in [-0.2, -0.15) is 0 Å². The van der Waals surface area contributed by atoms with E-state index in [0.29, 0.717) is 0 Å². The number of aromatic nitrogens is 3. The molecule has 4 heterocycles. The lowest BCUT2D eigenvalue weighted by Crippen LogP contribution is -2.30. The summed E-state index contributed by atoms with van der Waals surface area (Å²) in [5.41, 5.74) is 3.41. The molecular weight excluding hydrogens is 316 g/mol. The minimum absolute atomic E-state index is 0.779. The summed E-state index contributed by atoms with van der Waals surface area (Å²) >= 11 is 1.93. The molecular formula is C19H20N4S. The smallest absolute Gasteiger partial charge is 0.160 e. The van der Waals surface area contributed by atoms with Crippen LogP contribution in [0.1, 0.15) is 27.9 Å². The van der Waals surface area contributed by atoms with Crippen LogP contribution in [-0.2, 0) is 25.9 Å². The molecule has 0 saturated carbocycles. The Kier molecular flexibility index (Phi) is 4.36. The van der Waals surface area contributed by atoms with Crippen molar-refractivity contribution in [2.45, 2.75) is 32.9 Å². The van der Waals surface area contributed by atoms with E-state index in [1.807, 2.05) is 35.9 Å². The molecule has 122 valence electrons. The highest BCUT2D eigenvalue weighted by atomic mass is 32.1. The first-order valence-electron chi connectivity index (χ1n) is 8.37. The fraction of sp³-hybridized carbons (Fsp3) is 0.316. The summed E-state index contributed by atoms with van der Waals surface area (Å²) in [4.78, 5) is 18.9. The van der Waals surface area contributed by atoms with Gasteiger partial charge in [-0.05, 0) is 30.7 Å². The van der Waals surface area contributed by atoms with E-state index in [1.165, 1.54) is 21.0 Å². The molecule has 0 unspecified atom stereocenters. The predicted octanol–water partition coefficient (Wildman–Crippen LogP) is 3.72. The van der Waals surface area contributed by atoms with Gasteiger partial charge >= 0.3 is 0 Å². The predicted molar refractivity (Wildman–Crippen MR) is 96.8 cm³/mol. The maximum Gasteiger partial charge on any atom is 0.160 e. The van der Waals surface area contributed by atoms with Crippen LogP contribution in [0.25, 0.3) is 11.4 Å². The maximum absolute atomic E-state index is 4.77. The summed E-state index contributed by atoms with van der Waals surface area (Å²) in [5.74, 6) is 0.779. The molecule has 0 aromatic carbocycles. The third-order valence-electron chi connectivity index (χ3n) is 4.38. The molecule has 1 aliphatic rings. The summed E-state index contributed by atoms with van der Waals surface area (Å²) in [7, 11) is 0. The molecule has 0 amide bonds. The maximum atomic E-state index is 4.77. The Balaban J connectivity index is 1.49. The van der Waals surface area contributed by atoms with Crippen LogP contribution >= 0.6 is 11.3 Å². The second kappa shape index (κ2) is 6.79. The number of hydrogen-bond donors (Lipinski definition) is 0. The molecule has 0 saturated heterocycles. The van der Waals surface area contributed by atoms with E-state index in [9.17, 15) is 0 Å². The van der Waals surface area contributed by atoms with Crippen LogP contribution in [0.3, 0.4) is 0 Å². The first-order valence-corrected chi connectivity index (χ1v) is 9.18. The number of pyridine rings is 1. The number of nitrogens with zero attached hydrogens (tertiary/aromatic N) is 4. The standard InChI is InChI=1S/C19H20N4S/c1-2-16-5-6-17(24-16)13-23-9-7-18-15(12-23)11-21-19(22-18)14-4-3-8-20-10-14/h3-6,8,10-11H,2,7,9,12-13H2,1H3. The van der Waals surface area contributed by atoms with Gasteiger partial charge in [0, 0.05) is 65.5 Å². The highest BCUT2D eigenvalue weighted by Gasteiger charge is 2.19. The number of hydrogen-bond acceptors (Lipinski definition) is 5. The van der Waals surface area contributed by atoms with E-state index in [-0.39, 0.29) is 0 Å². The normalized spacial score (nSPS) is 14.5. The second-order valence-electron chi connectivity index (χ2n) is 6.09. The third-order valence-corrected chi connectivity index (χ3v) is 5.59. The van der Waals surface area contributed by atoms with Crippen molar-refractivity contribution < 1.29 is 0 Å². The van der Waals surface area contributed by atoms with Gasteiger partial charge in [-0.3, -0.25) is 9.88 Å². The Morgan fingerprint density at radius 2 is 2.08 bits per heavy atom. The lowest BCUT2D eigenvalue weighted by atomic mass is 10.1. The van der Waals surface area contributed by atoms with Crippen molar-refractivity contribution in [1.29, 1.82) is 0 Å². The lowest BCUT2D eigenvalue weighted by Gasteiger charge is -2.27. The Hall–Kier alpha value is -2.11. The molecule has 0 N–H and O–H groups in total. The topological polar surface area (TPSA) is 41.9 Å². The number of rotatable bonds is 4. The number of thiophene rings is 1. The van der Waals surface area contributed by atoms with Crippen LogP contribution in [0.4, 0.5) is 0 Å². The Morgan fingerprint density at radius 1 is 1.17 bits per heavy atom. The Labute approximate surface area is 146 Å². The van der Waals surface area contributed by atoms with E-state index in [0.717, 1.165) is 43.9 Å². The van der Waals surface area contributed by atoms with E-state index in [2.05, 4.69) is 33.9 Å². The molecule has 4 rings (SSSR count). The van der Waals surface area contributed by atoms with Crippen molar-refractivity contribution in [1.82, 2.24) is 19.9 Å². The molecule has 0 radical (unpaired) electrons. The Bertz CT molecular complexity index is 828. The Morgan fingerprint density at radius 3 is 2.88 bits per heavy atom. The summed E-state index contributed by atoms with van der Waals surface area (Å²) in [6.07, 6.45) is 7.69.